The van der Waals surface area contributed by atoms with Crippen LogP contribution >= 0.6 is 24.8 Å². The number of allylic oxidation sites excluding steroid dienone is 8. The average Bonchev–Trinajstić information content (AvgIpc) is 2.55. The second kappa shape index (κ2) is 6.01. The Hall–Kier alpha value is 0.423. The van der Waals surface area contributed by atoms with Gasteiger partial charge in [0, 0.05) is 0 Å². The molecule has 0 unspecified atom stereocenters. The van der Waals surface area contributed by atoms with E-state index in [1.807, 2.05) is 0 Å². The maximum absolute atomic E-state index is 2.27. The van der Waals surface area contributed by atoms with Crippen LogP contribution in [0.5, 0.6) is 0 Å². The summed E-state index contributed by atoms with van der Waals surface area (Å²) in [5.41, 5.74) is 3.01. The maximum atomic E-state index is 2.27. The van der Waals surface area contributed by atoms with E-state index in [9.17, 15) is 0 Å². The molecule has 2 rings (SSSR count). The molecule has 69 valence electrons. The van der Waals surface area contributed by atoms with Crippen LogP contribution in [-0.4, -0.2) is 0 Å². The first-order valence-corrected chi connectivity index (χ1v) is 5.08. The number of hydrogen-bond donors (Lipinski definition) is 0. The monoisotopic (exact) mass is 291 g/mol. The van der Waals surface area contributed by atoms with Crippen LogP contribution in [0.1, 0.15) is 12.8 Å². The molecule has 0 aromatic carbocycles. The molecule has 0 spiro atoms. The van der Waals surface area contributed by atoms with E-state index in [-0.39, 0.29) is 24.8 Å². The molecule has 0 nitrogen and oxygen atoms in total. The predicted molar refractivity (Wildman–Crippen MR) is 57.1 cm³/mol. The van der Waals surface area contributed by atoms with E-state index in [0.29, 0.717) is 0 Å². The molecule has 0 atom stereocenters. The summed E-state index contributed by atoms with van der Waals surface area (Å²) in [5.74, 6) is 0. The van der Waals surface area contributed by atoms with Gasteiger partial charge in [0.15, 0.2) is 0 Å². The van der Waals surface area contributed by atoms with Crippen molar-refractivity contribution < 1.29 is 24.7 Å². The topological polar surface area (TPSA) is 0 Å². The van der Waals surface area contributed by atoms with Crippen molar-refractivity contribution in [3.8, 4) is 0 Å². The quantitative estimate of drug-likeness (QED) is 0.694. The van der Waals surface area contributed by atoms with Gasteiger partial charge in [0.05, 0.1) is 0 Å². The van der Waals surface area contributed by atoms with Gasteiger partial charge in [0.1, 0.15) is 0 Å². The average molecular weight is 293 g/mol. The molecule has 0 saturated heterocycles. The van der Waals surface area contributed by atoms with Gasteiger partial charge in [-0.1, -0.05) is 0 Å². The van der Waals surface area contributed by atoms with Gasteiger partial charge in [-0.3, -0.25) is 0 Å². The molecule has 0 heterocycles. The Bertz CT molecular complexity index is 298. The Morgan fingerprint density at radius 1 is 1.08 bits per heavy atom. The Balaban J connectivity index is 0.000000720. The fourth-order valence-corrected chi connectivity index (χ4v) is 2.34. The van der Waals surface area contributed by atoms with E-state index in [0.717, 1.165) is 6.42 Å². The van der Waals surface area contributed by atoms with E-state index in [1.165, 1.54) is 17.6 Å². The number of halogens is 2. The SMILES string of the molecule is Cl.Cl.[Zr][C]1=C(C2=CC=CC2)C=CC1. The fraction of sp³-hybridized carbons (Fsp3) is 0.200. The Morgan fingerprint density at radius 3 is 2.31 bits per heavy atom. The van der Waals surface area contributed by atoms with Crippen LogP contribution < -0.4 is 0 Å². The van der Waals surface area contributed by atoms with Crippen molar-refractivity contribution in [1.82, 2.24) is 0 Å². The number of rotatable bonds is 1. The van der Waals surface area contributed by atoms with Crippen molar-refractivity contribution in [2.24, 2.45) is 0 Å². The Morgan fingerprint density at radius 2 is 1.85 bits per heavy atom. The Labute approximate surface area is 107 Å². The molecule has 0 saturated carbocycles. The Kier molecular flexibility index (Phi) is 6.21. The van der Waals surface area contributed by atoms with Crippen molar-refractivity contribution >= 4 is 24.8 Å². The van der Waals surface area contributed by atoms with E-state index < -0.39 is 0 Å². The third-order valence-corrected chi connectivity index (χ3v) is 3.21. The summed E-state index contributed by atoms with van der Waals surface area (Å²) in [6.07, 6.45) is 13.5. The van der Waals surface area contributed by atoms with E-state index in [2.05, 4.69) is 30.4 Å². The van der Waals surface area contributed by atoms with Gasteiger partial charge in [-0.15, -0.1) is 24.8 Å². The molecule has 2 aliphatic rings. The summed E-state index contributed by atoms with van der Waals surface area (Å²) in [6.45, 7) is 0. The zero-order valence-electron chi connectivity index (χ0n) is 7.12. The van der Waals surface area contributed by atoms with Crippen molar-refractivity contribution in [1.29, 1.82) is 0 Å². The molecule has 0 aliphatic heterocycles. The van der Waals surface area contributed by atoms with Crippen LogP contribution in [0.4, 0.5) is 0 Å². The van der Waals surface area contributed by atoms with Gasteiger partial charge in [-0.2, -0.15) is 0 Å². The third-order valence-electron chi connectivity index (χ3n) is 2.05. The van der Waals surface area contributed by atoms with Gasteiger partial charge >= 0.3 is 82.4 Å². The van der Waals surface area contributed by atoms with E-state index in [4.69, 9.17) is 0 Å². The van der Waals surface area contributed by atoms with Crippen molar-refractivity contribution in [3.63, 3.8) is 0 Å². The van der Waals surface area contributed by atoms with Crippen molar-refractivity contribution in [2.45, 2.75) is 12.8 Å². The van der Waals surface area contributed by atoms with Crippen LogP contribution in [0.25, 0.3) is 0 Å². The second-order valence-electron chi connectivity index (χ2n) is 2.82. The molecule has 13 heavy (non-hydrogen) atoms. The summed E-state index contributed by atoms with van der Waals surface area (Å²) >= 11 is 1.57. The third kappa shape index (κ3) is 2.94. The summed E-state index contributed by atoms with van der Waals surface area (Å²) in [4.78, 5) is 0. The first kappa shape index (κ1) is 13.4. The normalized spacial score (nSPS) is 18.2. The minimum atomic E-state index is 0. The van der Waals surface area contributed by atoms with Crippen molar-refractivity contribution in [2.75, 3.05) is 0 Å². The van der Waals surface area contributed by atoms with Crippen LogP contribution in [0.2, 0.25) is 0 Å². The van der Waals surface area contributed by atoms with Crippen LogP contribution in [-0.2, 0) is 24.7 Å². The molecule has 0 bridgehead atoms. The van der Waals surface area contributed by atoms with Gasteiger partial charge in [0.2, 0.25) is 0 Å². The molecule has 0 aromatic heterocycles. The first-order valence-electron chi connectivity index (χ1n) is 3.85. The van der Waals surface area contributed by atoms with Gasteiger partial charge < -0.3 is 0 Å². The van der Waals surface area contributed by atoms with Gasteiger partial charge in [-0.05, 0) is 0 Å². The summed E-state index contributed by atoms with van der Waals surface area (Å²) in [6, 6.07) is 0. The van der Waals surface area contributed by atoms with Gasteiger partial charge in [0.25, 0.3) is 0 Å². The standard InChI is InChI=1S/C10H9.2ClH.Zr/c1-2-6-9(5-1)10-7-3-4-8-10;;;/h1-3,5,7H,4,6H2;2*1H;. The van der Waals surface area contributed by atoms with Crippen molar-refractivity contribution in [3.05, 3.63) is 44.8 Å². The molecule has 0 radical (unpaired) electrons. The first-order chi connectivity index (χ1) is 5.38. The molecular weight excluding hydrogens is 282 g/mol. The molecule has 0 N–H and O–H groups in total. The fourth-order valence-electron chi connectivity index (χ4n) is 1.45. The summed E-state index contributed by atoms with van der Waals surface area (Å²) in [5, 5.41) is 0. The summed E-state index contributed by atoms with van der Waals surface area (Å²) < 4.78 is 1.60. The molecular formula is C10H11Cl2Zr. The molecule has 2 aliphatic carbocycles. The molecule has 3 heteroatoms. The second-order valence-corrected chi connectivity index (χ2v) is 4.31. The van der Waals surface area contributed by atoms with Crippen LogP contribution in [0.3, 0.4) is 0 Å². The minimum absolute atomic E-state index is 0. The van der Waals surface area contributed by atoms with E-state index in [1.54, 1.807) is 28.0 Å². The molecule has 0 amide bonds. The van der Waals surface area contributed by atoms with E-state index >= 15 is 0 Å². The number of hydrogen-bond acceptors (Lipinski definition) is 0. The zero-order chi connectivity index (χ0) is 7.68. The zero-order valence-corrected chi connectivity index (χ0v) is 11.2. The van der Waals surface area contributed by atoms with Crippen LogP contribution in [0.15, 0.2) is 44.8 Å². The summed E-state index contributed by atoms with van der Waals surface area (Å²) in [7, 11) is 0. The van der Waals surface area contributed by atoms with Crippen LogP contribution in [0, 0.1) is 0 Å². The molecule has 0 fully saturated rings. The molecule has 0 aromatic rings. The van der Waals surface area contributed by atoms with Gasteiger partial charge in [-0.25, -0.2) is 0 Å². The predicted octanol–water partition coefficient (Wildman–Crippen LogP) is 3.48.